The van der Waals surface area contributed by atoms with Crippen LogP contribution in [0.3, 0.4) is 0 Å². The summed E-state index contributed by atoms with van der Waals surface area (Å²) in [5, 5.41) is 2.16. The Bertz CT molecular complexity index is 1130. The van der Waals surface area contributed by atoms with Crippen LogP contribution in [0.2, 0.25) is 5.02 Å². The van der Waals surface area contributed by atoms with Gasteiger partial charge in [0.1, 0.15) is 10.6 Å². The third kappa shape index (κ3) is 2.56. The number of aromatic nitrogens is 1. The van der Waals surface area contributed by atoms with Crippen LogP contribution < -0.4 is 10.5 Å². The quantitative estimate of drug-likeness (QED) is 0.484. The van der Waals surface area contributed by atoms with E-state index in [1.165, 1.54) is 11.3 Å². The Labute approximate surface area is 146 Å². The van der Waals surface area contributed by atoms with Crippen molar-refractivity contribution >= 4 is 49.8 Å². The maximum absolute atomic E-state index is 12.4. The largest absolute Gasteiger partial charge is 0.422 e. The molecule has 2 heterocycles. The summed E-state index contributed by atoms with van der Waals surface area (Å²) in [6, 6.07) is 13.1. The lowest BCUT2D eigenvalue weighted by atomic mass is 10.1. The Hall–Kier alpha value is -2.37. The van der Waals surface area contributed by atoms with E-state index in [0.29, 0.717) is 21.2 Å². The molecule has 0 amide bonds. The van der Waals surface area contributed by atoms with Gasteiger partial charge in [0.15, 0.2) is 0 Å². The molecule has 0 unspecified atom stereocenters. The van der Waals surface area contributed by atoms with Crippen molar-refractivity contribution in [3.05, 3.63) is 57.9 Å². The van der Waals surface area contributed by atoms with Crippen LogP contribution in [0.5, 0.6) is 0 Å². The third-order valence-corrected chi connectivity index (χ3v) is 5.10. The van der Waals surface area contributed by atoms with Crippen molar-refractivity contribution in [2.24, 2.45) is 0 Å². The molecule has 0 saturated heterocycles. The predicted molar refractivity (Wildman–Crippen MR) is 100 cm³/mol. The Morgan fingerprint density at radius 3 is 2.75 bits per heavy atom. The van der Waals surface area contributed by atoms with E-state index in [1.807, 2.05) is 55.4 Å². The minimum Gasteiger partial charge on any atom is -0.422 e. The van der Waals surface area contributed by atoms with Crippen molar-refractivity contribution in [1.29, 1.82) is 0 Å². The molecular weight excluding hydrogens is 344 g/mol. The van der Waals surface area contributed by atoms with Gasteiger partial charge < -0.3 is 9.32 Å². The zero-order chi connectivity index (χ0) is 16.8. The molecule has 0 fully saturated rings. The first kappa shape index (κ1) is 15.2. The van der Waals surface area contributed by atoms with E-state index >= 15 is 0 Å². The molecule has 0 spiro atoms. The summed E-state index contributed by atoms with van der Waals surface area (Å²) < 4.78 is 6.46. The molecule has 4 nitrogen and oxygen atoms in total. The Balaban J connectivity index is 1.90. The van der Waals surface area contributed by atoms with Crippen molar-refractivity contribution in [2.45, 2.75) is 0 Å². The molecular formula is C18H13ClN2O2S. The minimum absolute atomic E-state index is 0.386. The molecule has 0 bridgehead atoms. The molecule has 0 aliphatic carbocycles. The number of thiazole rings is 1. The van der Waals surface area contributed by atoms with E-state index in [4.69, 9.17) is 16.0 Å². The van der Waals surface area contributed by atoms with Gasteiger partial charge in [0, 0.05) is 36.3 Å². The van der Waals surface area contributed by atoms with Gasteiger partial charge in [-0.05, 0) is 36.4 Å². The van der Waals surface area contributed by atoms with Crippen LogP contribution in [0, 0.1) is 0 Å². The predicted octanol–water partition coefficient (Wildman–Crippen LogP) is 4.79. The fraction of sp³-hybridized carbons (Fsp3) is 0.111. The number of benzene rings is 2. The summed E-state index contributed by atoms with van der Waals surface area (Å²) in [4.78, 5) is 18.9. The number of nitrogens with zero attached hydrogens (tertiary/aromatic N) is 2. The van der Waals surface area contributed by atoms with Crippen LogP contribution in [0.1, 0.15) is 0 Å². The molecule has 24 heavy (non-hydrogen) atoms. The van der Waals surface area contributed by atoms with Gasteiger partial charge in [-0.2, -0.15) is 0 Å². The summed E-state index contributed by atoms with van der Waals surface area (Å²) in [6.45, 7) is 0. The van der Waals surface area contributed by atoms with Crippen LogP contribution in [-0.4, -0.2) is 19.1 Å². The van der Waals surface area contributed by atoms with Gasteiger partial charge in [-0.15, -0.1) is 11.3 Å². The molecule has 0 saturated carbocycles. The van der Waals surface area contributed by atoms with E-state index < -0.39 is 0 Å². The van der Waals surface area contributed by atoms with E-state index in [2.05, 4.69) is 4.98 Å². The smallest absolute Gasteiger partial charge is 0.346 e. The molecule has 2 aromatic heterocycles. The highest BCUT2D eigenvalue weighted by Gasteiger charge is 2.13. The summed E-state index contributed by atoms with van der Waals surface area (Å²) >= 11 is 7.45. The molecule has 2 aromatic carbocycles. The maximum Gasteiger partial charge on any atom is 0.346 e. The van der Waals surface area contributed by atoms with Crippen LogP contribution in [0.4, 0.5) is 5.69 Å². The molecule has 0 radical (unpaired) electrons. The topological polar surface area (TPSA) is 46.3 Å². The minimum atomic E-state index is -0.386. The Morgan fingerprint density at radius 1 is 1.12 bits per heavy atom. The van der Waals surface area contributed by atoms with Crippen molar-refractivity contribution in [1.82, 2.24) is 4.98 Å². The Kier molecular flexibility index (Phi) is 3.55. The van der Waals surface area contributed by atoms with Gasteiger partial charge in [0.05, 0.1) is 15.8 Å². The lowest BCUT2D eigenvalue weighted by Crippen LogP contribution is -2.08. The van der Waals surface area contributed by atoms with Crippen LogP contribution in [0.25, 0.3) is 31.8 Å². The first-order chi connectivity index (χ1) is 11.5. The van der Waals surface area contributed by atoms with E-state index in [0.717, 1.165) is 21.3 Å². The normalized spacial score (nSPS) is 11.3. The molecule has 6 heteroatoms. The highest BCUT2D eigenvalue weighted by Crippen LogP contribution is 2.32. The average molecular weight is 357 g/mol. The number of hydrogen-bond donors (Lipinski definition) is 0. The van der Waals surface area contributed by atoms with Crippen molar-refractivity contribution in [3.8, 4) is 10.6 Å². The first-order valence-electron chi connectivity index (χ1n) is 7.33. The lowest BCUT2D eigenvalue weighted by molar-refractivity contribution is 0.563. The number of fused-ring (bicyclic) bond motifs is 2. The molecule has 0 aliphatic heterocycles. The van der Waals surface area contributed by atoms with Gasteiger partial charge in [0.2, 0.25) is 0 Å². The van der Waals surface area contributed by atoms with Gasteiger partial charge in [-0.25, -0.2) is 9.78 Å². The molecule has 0 atom stereocenters. The van der Waals surface area contributed by atoms with E-state index in [9.17, 15) is 4.79 Å². The molecule has 0 N–H and O–H groups in total. The standard InChI is InChI=1S/C18H13ClN2O2S/c1-21(2)12-5-3-10-7-13(18(22)23-15(10)9-12)17-20-14-6-4-11(19)8-16(14)24-17/h3-9H,1-2H3. The second kappa shape index (κ2) is 5.61. The van der Waals surface area contributed by atoms with Crippen LogP contribution in [0.15, 0.2) is 51.7 Å². The Morgan fingerprint density at radius 2 is 1.96 bits per heavy atom. The van der Waals surface area contributed by atoms with E-state index in [-0.39, 0.29) is 5.63 Å². The highest BCUT2D eigenvalue weighted by atomic mass is 35.5. The lowest BCUT2D eigenvalue weighted by Gasteiger charge is -2.12. The van der Waals surface area contributed by atoms with Crippen molar-refractivity contribution in [2.75, 3.05) is 19.0 Å². The van der Waals surface area contributed by atoms with Crippen LogP contribution in [-0.2, 0) is 0 Å². The number of rotatable bonds is 2. The molecule has 0 aliphatic rings. The van der Waals surface area contributed by atoms with Gasteiger partial charge in [0.25, 0.3) is 0 Å². The summed E-state index contributed by atoms with van der Waals surface area (Å²) in [6.07, 6.45) is 0. The summed E-state index contributed by atoms with van der Waals surface area (Å²) in [5.74, 6) is 0. The zero-order valence-electron chi connectivity index (χ0n) is 13.0. The second-order valence-corrected chi connectivity index (χ2v) is 7.16. The van der Waals surface area contributed by atoms with Gasteiger partial charge >= 0.3 is 5.63 Å². The third-order valence-electron chi connectivity index (χ3n) is 3.82. The maximum atomic E-state index is 12.4. The van der Waals surface area contributed by atoms with Crippen LogP contribution >= 0.6 is 22.9 Å². The summed E-state index contributed by atoms with van der Waals surface area (Å²) in [7, 11) is 3.89. The van der Waals surface area contributed by atoms with E-state index in [1.54, 1.807) is 6.07 Å². The number of halogens is 1. The van der Waals surface area contributed by atoms with Gasteiger partial charge in [-0.3, -0.25) is 0 Å². The molecule has 120 valence electrons. The second-order valence-electron chi connectivity index (χ2n) is 5.70. The highest BCUT2D eigenvalue weighted by molar-refractivity contribution is 7.21. The molecule has 4 rings (SSSR count). The summed E-state index contributed by atoms with van der Waals surface area (Å²) in [5.41, 5.74) is 2.45. The monoisotopic (exact) mass is 356 g/mol. The van der Waals surface area contributed by atoms with Gasteiger partial charge in [-0.1, -0.05) is 11.6 Å². The fourth-order valence-corrected chi connectivity index (χ4v) is 3.79. The number of hydrogen-bond acceptors (Lipinski definition) is 5. The number of anilines is 1. The van der Waals surface area contributed by atoms with Crippen molar-refractivity contribution < 1.29 is 4.42 Å². The first-order valence-corrected chi connectivity index (χ1v) is 8.52. The fourth-order valence-electron chi connectivity index (χ4n) is 2.54. The zero-order valence-corrected chi connectivity index (χ0v) is 14.6. The molecule has 4 aromatic rings. The average Bonchev–Trinajstić information content (AvgIpc) is 2.96. The van der Waals surface area contributed by atoms with Crippen molar-refractivity contribution in [3.63, 3.8) is 0 Å². The SMILES string of the molecule is CN(C)c1ccc2cc(-c3nc4ccc(Cl)cc4s3)c(=O)oc2c1.